The Morgan fingerprint density at radius 3 is 2.48 bits per heavy atom. The third kappa shape index (κ3) is 6.27. The zero-order valence-corrected chi connectivity index (χ0v) is 19.3. The number of hydrogen-bond acceptors (Lipinski definition) is 4. The molecular formula is C26H28FN3O2S. The highest BCUT2D eigenvalue weighted by Gasteiger charge is 2.28. The highest BCUT2D eigenvalue weighted by molar-refractivity contribution is 7.12. The quantitative estimate of drug-likeness (QED) is 0.575. The number of rotatable bonds is 7. The first kappa shape index (κ1) is 23.1. The predicted octanol–water partition coefficient (Wildman–Crippen LogP) is 3.96. The van der Waals surface area contributed by atoms with Gasteiger partial charge in [0.2, 0.25) is 5.91 Å². The summed E-state index contributed by atoms with van der Waals surface area (Å²) in [7, 11) is 0. The van der Waals surface area contributed by atoms with Gasteiger partial charge in [-0.2, -0.15) is 0 Å². The normalized spacial score (nSPS) is 15.6. The fourth-order valence-corrected chi connectivity index (χ4v) is 4.75. The Labute approximate surface area is 197 Å². The molecule has 1 fully saturated rings. The minimum Gasteiger partial charge on any atom is -0.340 e. The van der Waals surface area contributed by atoms with E-state index < -0.39 is 6.04 Å². The Balaban J connectivity index is 1.43. The molecule has 0 radical (unpaired) electrons. The van der Waals surface area contributed by atoms with Crippen LogP contribution >= 0.6 is 11.3 Å². The summed E-state index contributed by atoms with van der Waals surface area (Å²) < 4.78 is 14.1. The summed E-state index contributed by atoms with van der Waals surface area (Å²) in [6.45, 7) is 3.15. The lowest BCUT2D eigenvalue weighted by atomic mass is 10.0. The van der Waals surface area contributed by atoms with E-state index in [-0.39, 0.29) is 17.6 Å². The van der Waals surface area contributed by atoms with Crippen LogP contribution in [0.1, 0.15) is 27.2 Å². The summed E-state index contributed by atoms with van der Waals surface area (Å²) in [5, 5.41) is 4.81. The summed E-state index contributed by atoms with van der Waals surface area (Å²) in [5.74, 6) is -0.499. The van der Waals surface area contributed by atoms with E-state index in [0.717, 1.165) is 18.5 Å². The maximum atomic E-state index is 14.1. The van der Waals surface area contributed by atoms with Gasteiger partial charge in [-0.05, 0) is 29.5 Å². The zero-order chi connectivity index (χ0) is 23.0. The minimum atomic E-state index is -0.639. The molecule has 1 aliphatic heterocycles. The van der Waals surface area contributed by atoms with Crippen molar-refractivity contribution >= 4 is 23.2 Å². The molecule has 3 aromatic rings. The molecule has 1 aliphatic rings. The molecule has 0 aliphatic carbocycles. The molecule has 1 N–H and O–H groups in total. The molecule has 0 bridgehead atoms. The largest absolute Gasteiger partial charge is 0.340 e. The molecule has 1 unspecified atom stereocenters. The van der Waals surface area contributed by atoms with Gasteiger partial charge in [-0.1, -0.05) is 54.6 Å². The highest BCUT2D eigenvalue weighted by atomic mass is 32.1. The van der Waals surface area contributed by atoms with Crippen molar-refractivity contribution in [1.82, 2.24) is 15.1 Å². The van der Waals surface area contributed by atoms with Crippen LogP contribution in [0.2, 0.25) is 0 Å². The standard InChI is InChI=1S/C26H28FN3O2S/c27-22-11-5-4-10-21(22)19-29-13-7-14-30(16-15-29)26(32)23(18-20-8-2-1-3-9-20)28-25(31)24-12-6-17-33-24/h1-6,8-12,17,23H,7,13-16,18-19H2,(H,28,31). The van der Waals surface area contributed by atoms with Gasteiger partial charge in [-0.25, -0.2) is 4.39 Å². The number of thiophene rings is 1. The summed E-state index contributed by atoms with van der Waals surface area (Å²) in [6.07, 6.45) is 1.24. The minimum absolute atomic E-state index is 0.0727. The molecule has 0 spiro atoms. The second-order valence-electron chi connectivity index (χ2n) is 8.24. The molecule has 2 aromatic carbocycles. The van der Waals surface area contributed by atoms with E-state index in [1.165, 1.54) is 17.4 Å². The Morgan fingerprint density at radius 2 is 1.73 bits per heavy atom. The van der Waals surface area contributed by atoms with Crippen LogP contribution in [-0.2, 0) is 17.8 Å². The maximum absolute atomic E-state index is 14.1. The lowest BCUT2D eigenvalue weighted by molar-refractivity contribution is -0.133. The van der Waals surface area contributed by atoms with Gasteiger partial charge in [0.05, 0.1) is 4.88 Å². The first-order chi connectivity index (χ1) is 16.1. The SMILES string of the molecule is O=C(NC(Cc1ccccc1)C(=O)N1CCCN(Cc2ccccc2F)CC1)c1cccs1. The van der Waals surface area contributed by atoms with Gasteiger partial charge in [0.15, 0.2) is 0 Å². The van der Waals surface area contributed by atoms with Crippen LogP contribution in [0.25, 0.3) is 0 Å². The first-order valence-corrected chi connectivity index (χ1v) is 12.1. The Hall–Kier alpha value is -3.03. The molecule has 2 heterocycles. The predicted molar refractivity (Wildman–Crippen MR) is 129 cm³/mol. The average Bonchev–Trinajstić information content (AvgIpc) is 3.28. The number of nitrogens with one attached hydrogen (secondary N) is 1. The van der Waals surface area contributed by atoms with Crippen molar-refractivity contribution in [3.8, 4) is 0 Å². The molecule has 4 rings (SSSR count). The van der Waals surface area contributed by atoms with Crippen molar-refractivity contribution in [3.63, 3.8) is 0 Å². The number of carbonyl (C=O) groups is 2. The number of hydrogen-bond donors (Lipinski definition) is 1. The van der Waals surface area contributed by atoms with Crippen LogP contribution in [0, 0.1) is 5.82 Å². The van der Waals surface area contributed by atoms with Crippen molar-refractivity contribution in [2.45, 2.75) is 25.4 Å². The van der Waals surface area contributed by atoms with Crippen LogP contribution in [-0.4, -0.2) is 53.8 Å². The topological polar surface area (TPSA) is 52.7 Å². The van der Waals surface area contributed by atoms with Crippen LogP contribution < -0.4 is 5.32 Å². The number of carbonyl (C=O) groups excluding carboxylic acids is 2. The average molecular weight is 466 g/mol. The van der Waals surface area contributed by atoms with E-state index in [9.17, 15) is 14.0 Å². The number of nitrogens with zero attached hydrogens (tertiary/aromatic N) is 2. The maximum Gasteiger partial charge on any atom is 0.262 e. The summed E-state index contributed by atoms with van der Waals surface area (Å²) in [5.41, 5.74) is 1.67. The molecular weight excluding hydrogens is 437 g/mol. The molecule has 7 heteroatoms. The van der Waals surface area contributed by atoms with Crippen LogP contribution in [0.15, 0.2) is 72.1 Å². The van der Waals surface area contributed by atoms with Gasteiger partial charge in [0, 0.05) is 44.7 Å². The molecule has 5 nitrogen and oxygen atoms in total. The molecule has 2 amide bonds. The summed E-state index contributed by atoms with van der Waals surface area (Å²) in [4.78, 5) is 30.9. The lowest BCUT2D eigenvalue weighted by Gasteiger charge is -2.27. The Bertz CT molecular complexity index is 1060. The van der Waals surface area contributed by atoms with Crippen molar-refractivity contribution < 1.29 is 14.0 Å². The molecule has 172 valence electrons. The van der Waals surface area contributed by atoms with E-state index in [1.807, 2.05) is 52.7 Å². The van der Waals surface area contributed by atoms with Gasteiger partial charge in [0.1, 0.15) is 11.9 Å². The highest BCUT2D eigenvalue weighted by Crippen LogP contribution is 2.15. The van der Waals surface area contributed by atoms with E-state index >= 15 is 0 Å². The second kappa shape index (κ2) is 11.2. The smallest absolute Gasteiger partial charge is 0.262 e. The van der Waals surface area contributed by atoms with E-state index in [0.29, 0.717) is 43.0 Å². The number of benzene rings is 2. The number of amides is 2. The van der Waals surface area contributed by atoms with Crippen molar-refractivity contribution in [2.75, 3.05) is 26.2 Å². The zero-order valence-electron chi connectivity index (χ0n) is 18.5. The van der Waals surface area contributed by atoms with Crippen LogP contribution in [0.4, 0.5) is 4.39 Å². The van der Waals surface area contributed by atoms with Crippen LogP contribution in [0.5, 0.6) is 0 Å². The van der Waals surface area contributed by atoms with Gasteiger partial charge >= 0.3 is 0 Å². The fraction of sp³-hybridized carbons (Fsp3) is 0.308. The van der Waals surface area contributed by atoms with Gasteiger partial charge in [-0.3, -0.25) is 14.5 Å². The Morgan fingerprint density at radius 1 is 0.939 bits per heavy atom. The summed E-state index contributed by atoms with van der Waals surface area (Å²) >= 11 is 1.36. The van der Waals surface area contributed by atoms with Crippen LogP contribution in [0.3, 0.4) is 0 Å². The molecule has 0 saturated carbocycles. The molecule has 1 aromatic heterocycles. The van der Waals surface area contributed by atoms with E-state index in [2.05, 4.69) is 10.2 Å². The third-order valence-corrected chi connectivity index (χ3v) is 6.75. The van der Waals surface area contributed by atoms with Crippen molar-refractivity contribution in [2.24, 2.45) is 0 Å². The molecule has 33 heavy (non-hydrogen) atoms. The second-order valence-corrected chi connectivity index (χ2v) is 9.19. The number of halogens is 1. The summed E-state index contributed by atoms with van der Waals surface area (Å²) in [6, 6.07) is 19.5. The first-order valence-electron chi connectivity index (χ1n) is 11.2. The van der Waals surface area contributed by atoms with E-state index in [1.54, 1.807) is 18.2 Å². The van der Waals surface area contributed by atoms with Gasteiger partial charge in [-0.15, -0.1) is 11.3 Å². The van der Waals surface area contributed by atoms with E-state index in [4.69, 9.17) is 0 Å². The molecule has 1 saturated heterocycles. The van der Waals surface area contributed by atoms with Gasteiger partial charge < -0.3 is 10.2 Å². The third-order valence-electron chi connectivity index (χ3n) is 5.88. The molecule has 1 atom stereocenters. The Kier molecular flexibility index (Phi) is 7.86. The van der Waals surface area contributed by atoms with Crippen molar-refractivity contribution in [1.29, 1.82) is 0 Å². The lowest BCUT2D eigenvalue weighted by Crippen LogP contribution is -2.50. The monoisotopic (exact) mass is 465 g/mol. The van der Waals surface area contributed by atoms with Gasteiger partial charge in [0.25, 0.3) is 5.91 Å². The van der Waals surface area contributed by atoms with Crippen molar-refractivity contribution in [3.05, 3.63) is 93.9 Å². The fourth-order valence-electron chi connectivity index (χ4n) is 4.12.